The van der Waals surface area contributed by atoms with Crippen LogP contribution < -0.4 is 5.73 Å². The van der Waals surface area contributed by atoms with E-state index in [0.717, 1.165) is 42.5 Å². The average Bonchev–Trinajstić information content (AvgIpc) is 2.87. The molecule has 2 aromatic heterocycles. The van der Waals surface area contributed by atoms with Gasteiger partial charge >= 0.3 is 0 Å². The minimum Gasteiger partial charge on any atom is -0.330 e. The quantitative estimate of drug-likeness (QED) is 0.841. The molecule has 5 heteroatoms. The van der Waals surface area contributed by atoms with Crippen molar-refractivity contribution in [2.75, 3.05) is 13.1 Å². The van der Waals surface area contributed by atoms with Crippen LogP contribution in [0.1, 0.15) is 23.3 Å². The molecule has 0 saturated heterocycles. The first-order valence-electron chi connectivity index (χ1n) is 6.57. The van der Waals surface area contributed by atoms with Crippen LogP contribution in [0.2, 0.25) is 0 Å². The monoisotopic (exact) mass is 276 g/mol. The van der Waals surface area contributed by atoms with Gasteiger partial charge in [0.15, 0.2) is 0 Å². The summed E-state index contributed by atoms with van der Waals surface area (Å²) in [5, 5.41) is 3.26. The van der Waals surface area contributed by atoms with Gasteiger partial charge in [0.1, 0.15) is 0 Å². The van der Waals surface area contributed by atoms with Crippen LogP contribution in [0.25, 0.3) is 0 Å². The highest BCUT2D eigenvalue weighted by Gasteiger charge is 2.08. The fourth-order valence-corrected chi connectivity index (χ4v) is 2.69. The molecule has 19 heavy (non-hydrogen) atoms. The highest BCUT2D eigenvalue weighted by molar-refractivity contribution is 7.09. The van der Waals surface area contributed by atoms with Crippen LogP contribution in [0.5, 0.6) is 0 Å². The van der Waals surface area contributed by atoms with Crippen LogP contribution in [-0.2, 0) is 19.5 Å². The number of hydrogen-bond acceptors (Lipinski definition) is 5. The van der Waals surface area contributed by atoms with Crippen LogP contribution >= 0.6 is 11.3 Å². The molecule has 0 saturated carbocycles. The summed E-state index contributed by atoms with van der Waals surface area (Å²) in [5.41, 5.74) is 7.78. The molecule has 0 fully saturated rings. The molecule has 0 bridgehead atoms. The molecule has 0 atom stereocenters. The summed E-state index contributed by atoms with van der Waals surface area (Å²) in [6.07, 6.45) is 2.71. The Bertz CT molecular complexity index is 483. The third-order valence-electron chi connectivity index (χ3n) is 2.90. The molecule has 0 spiro atoms. The molecule has 2 heterocycles. The van der Waals surface area contributed by atoms with Gasteiger partial charge < -0.3 is 5.73 Å². The van der Waals surface area contributed by atoms with E-state index in [1.807, 2.05) is 18.3 Å². The van der Waals surface area contributed by atoms with Crippen LogP contribution in [-0.4, -0.2) is 28.0 Å². The van der Waals surface area contributed by atoms with E-state index in [0.29, 0.717) is 6.54 Å². The van der Waals surface area contributed by atoms with Gasteiger partial charge in [-0.3, -0.25) is 9.88 Å². The molecule has 0 aromatic carbocycles. The summed E-state index contributed by atoms with van der Waals surface area (Å²) < 4.78 is 0. The number of hydrogen-bond donors (Lipinski definition) is 1. The SMILES string of the molecule is CCN(Cc1ccccn1)Cc1csc(CCN)n1. The third-order valence-corrected chi connectivity index (χ3v) is 3.86. The number of rotatable bonds is 7. The molecule has 0 aliphatic carbocycles. The van der Waals surface area contributed by atoms with Gasteiger partial charge in [-0.05, 0) is 25.2 Å². The number of nitrogens with two attached hydrogens (primary N) is 1. The maximum atomic E-state index is 5.55. The van der Waals surface area contributed by atoms with Crippen LogP contribution in [0.3, 0.4) is 0 Å². The Kier molecular flexibility index (Phi) is 5.44. The molecular weight excluding hydrogens is 256 g/mol. The van der Waals surface area contributed by atoms with Gasteiger partial charge in [0, 0.05) is 31.1 Å². The largest absolute Gasteiger partial charge is 0.330 e. The van der Waals surface area contributed by atoms with Crippen molar-refractivity contribution < 1.29 is 0 Å². The van der Waals surface area contributed by atoms with E-state index >= 15 is 0 Å². The molecule has 2 rings (SSSR count). The second-order valence-electron chi connectivity index (χ2n) is 4.40. The normalized spacial score (nSPS) is 11.1. The minimum atomic E-state index is 0.665. The van der Waals surface area contributed by atoms with Crippen molar-refractivity contribution in [3.8, 4) is 0 Å². The standard InChI is InChI=1S/C14H20N4S/c1-2-18(9-12-5-3-4-8-16-12)10-13-11-19-14(17-13)6-7-15/h3-5,8,11H,2,6-7,9-10,15H2,1H3. The molecule has 0 radical (unpaired) electrons. The lowest BCUT2D eigenvalue weighted by Crippen LogP contribution is -2.23. The van der Waals surface area contributed by atoms with Gasteiger partial charge in [0.25, 0.3) is 0 Å². The Hall–Kier alpha value is -1.30. The first-order valence-corrected chi connectivity index (χ1v) is 7.45. The fourth-order valence-electron chi connectivity index (χ4n) is 1.89. The van der Waals surface area contributed by atoms with Crippen LogP contribution in [0.15, 0.2) is 29.8 Å². The van der Waals surface area contributed by atoms with Crippen molar-refractivity contribution >= 4 is 11.3 Å². The summed E-state index contributed by atoms with van der Waals surface area (Å²) in [6, 6.07) is 6.03. The van der Waals surface area contributed by atoms with Gasteiger partial charge in [-0.2, -0.15) is 0 Å². The zero-order chi connectivity index (χ0) is 13.5. The van der Waals surface area contributed by atoms with E-state index in [4.69, 9.17) is 5.73 Å². The van der Waals surface area contributed by atoms with E-state index in [-0.39, 0.29) is 0 Å². The van der Waals surface area contributed by atoms with Crippen molar-refractivity contribution in [2.45, 2.75) is 26.4 Å². The lowest BCUT2D eigenvalue weighted by atomic mass is 10.3. The molecule has 0 amide bonds. The van der Waals surface area contributed by atoms with E-state index in [1.54, 1.807) is 11.3 Å². The van der Waals surface area contributed by atoms with Crippen LogP contribution in [0.4, 0.5) is 0 Å². The Labute approximate surface area is 118 Å². The first-order chi connectivity index (χ1) is 9.31. The minimum absolute atomic E-state index is 0.665. The zero-order valence-corrected chi connectivity index (χ0v) is 12.1. The van der Waals surface area contributed by atoms with Gasteiger partial charge in [-0.1, -0.05) is 13.0 Å². The summed E-state index contributed by atoms with van der Waals surface area (Å²) in [5.74, 6) is 0. The highest BCUT2D eigenvalue weighted by Crippen LogP contribution is 2.13. The van der Waals surface area contributed by atoms with Crippen molar-refractivity contribution in [3.63, 3.8) is 0 Å². The van der Waals surface area contributed by atoms with Gasteiger partial charge in [0.2, 0.25) is 0 Å². The van der Waals surface area contributed by atoms with Gasteiger partial charge in [0.05, 0.1) is 16.4 Å². The molecule has 0 unspecified atom stereocenters. The third kappa shape index (κ3) is 4.38. The highest BCUT2D eigenvalue weighted by atomic mass is 32.1. The number of thiazole rings is 1. The number of aromatic nitrogens is 2. The second kappa shape index (κ2) is 7.33. The number of pyridine rings is 1. The molecule has 0 aliphatic rings. The predicted molar refractivity (Wildman–Crippen MR) is 78.9 cm³/mol. The van der Waals surface area contributed by atoms with E-state index in [2.05, 4.69) is 33.2 Å². The summed E-state index contributed by atoms with van der Waals surface area (Å²) in [4.78, 5) is 11.3. The maximum absolute atomic E-state index is 5.55. The molecule has 4 nitrogen and oxygen atoms in total. The summed E-state index contributed by atoms with van der Waals surface area (Å²) in [7, 11) is 0. The van der Waals surface area contributed by atoms with E-state index in [9.17, 15) is 0 Å². The van der Waals surface area contributed by atoms with Gasteiger partial charge in [-0.15, -0.1) is 11.3 Å². The van der Waals surface area contributed by atoms with Crippen molar-refractivity contribution in [2.24, 2.45) is 5.73 Å². The topological polar surface area (TPSA) is 55.0 Å². The Balaban J connectivity index is 1.94. The van der Waals surface area contributed by atoms with E-state index in [1.165, 1.54) is 0 Å². The van der Waals surface area contributed by atoms with Gasteiger partial charge in [-0.25, -0.2) is 4.98 Å². The second-order valence-corrected chi connectivity index (χ2v) is 5.34. The summed E-state index contributed by atoms with van der Waals surface area (Å²) in [6.45, 7) is 5.55. The molecule has 0 aliphatic heterocycles. The first kappa shape index (κ1) is 14.1. The Morgan fingerprint density at radius 2 is 2.11 bits per heavy atom. The molecular formula is C14H20N4S. The molecule has 2 N–H and O–H groups in total. The van der Waals surface area contributed by atoms with Crippen LogP contribution in [0, 0.1) is 0 Å². The van der Waals surface area contributed by atoms with Crippen molar-refractivity contribution in [1.29, 1.82) is 0 Å². The Morgan fingerprint density at radius 3 is 2.79 bits per heavy atom. The van der Waals surface area contributed by atoms with Crippen molar-refractivity contribution in [1.82, 2.24) is 14.9 Å². The maximum Gasteiger partial charge on any atom is 0.0941 e. The smallest absolute Gasteiger partial charge is 0.0941 e. The lowest BCUT2D eigenvalue weighted by molar-refractivity contribution is 0.265. The summed E-state index contributed by atoms with van der Waals surface area (Å²) >= 11 is 1.70. The molecule has 2 aromatic rings. The van der Waals surface area contributed by atoms with E-state index < -0.39 is 0 Å². The lowest BCUT2D eigenvalue weighted by Gasteiger charge is -2.18. The van der Waals surface area contributed by atoms with Crippen molar-refractivity contribution in [3.05, 3.63) is 46.2 Å². The fraction of sp³-hybridized carbons (Fsp3) is 0.429. The molecule has 102 valence electrons. The average molecular weight is 276 g/mol. The number of nitrogens with zero attached hydrogens (tertiary/aromatic N) is 3. The Morgan fingerprint density at radius 1 is 1.26 bits per heavy atom. The zero-order valence-electron chi connectivity index (χ0n) is 11.2. The predicted octanol–water partition coefficient (Wildman–Crippen LogP) is 2.06.